The maximum Gasteiger partial charge on any atom is 0.0713 e. The summed E-state index contributed by atoms with van der Waals surface area (Å²) < 4.78 is 0. The van der Waals surface area contributed by atoms with Crippen molar-refractivity contribution in [2.75, 3.05) is 6.54 Å². The molecule has 328 valence electrons. The third-order valence-corrected chi connectivity index (χ3v) is 12.3. The zero-order chi connectivity index (χ0) is 46.3. The standard InChI is InChI=1S/C33H27N.C25H21N.C6H9N/c34-21-20-24-10-9-11-25(22-24)26-18-19-30-29-16-7-8-17-31(29)33(32(30)23-26)27-12-3-1-4-13-28(33)15-6-2-5-14-27;26-25(23-15-7-13-21(17-23)19-9-3-1-4-10-19)24-16-8-14-22(18-24)20-11-5-2-6-12-20;1-2-3-4-5-6-7/h1-19,22-23H,20-21,34H2;1-18,25H,26H2;2-6H,1,7H2/b3-1-,4-1?,5-2?,6-2+,12-3?,13-4?,14-5-,15-6?,27-12-,27-14?,28-13?,28-15?;;4-3-,6-5-. The van der Waals surface area contributed by atoms with Gasteiger partial charge in [0.1, 0.15) is 0 Å². The van der Waals surface area contributed by atoms with Crippen molar-refractivity contribution >= 4 is 0 Å². The summed E-state index contributed by atoms with van der Waals surface area (Å²) in [4.78, 5) is 0. The molecule has 3 heteroatoms. The number of fused-ring (bicyclic) bond motifs is 3. The minimum Gasteiger partial charge on any atom is -0.405 e. The highest BCUT2D eigenvalue weighted by molar-refractivity contribution is 5.89. The highest BCUT2D eigenvalue weighted by atomic mass is 14.6. The fourth-order valence-corrected chi connectivity index (χ4v) is 9.18. The van der Waals surface area contributed by atoms with E-state index in [0.717, 1.165) is 17.5 Å². The monoisotopic (exact) mass is 867 g/mol. The van der Waals surface area contributed by atoms with Crippen LogP contribution in [0.4, 0.5) is 0 Å². The molecule has 3 nitrogen and oxygen atoms in total. The quantitative estimate of drug-likeness (QED) is 0.127. The molecule has 67 heavy (non-hydrogen) atoms. The second kappa shape index (κ2) is 22.2. The molecule has 1 atom stereocenters. The van der Waals surface area contributed by atoms with E-state index < -0.39 is 0 Å². The number of hydrogen-bond donors (Lipinski definition) is 3. The summed E-state index contributed by atoms with van der Waals surface area (Å²) in [6.07, 6.45) is 31.3. The molecule has 2 bridgehead atoms. The van der Waals surface area contributed by atoms with E-state index in [9.17, 15) is 0 Å². The van der Waals surface area contributed by atoms with E-state index in [2.05, 4.69) is 231 Å². The first-order valence-electron chi connectivity index (χ1n) is 22.9. The summed E-state index contributed by atoms with van der Waals surface area (Å²) in [7, 11) is 0. The molecular weight excluding hydrogens is 811 g/mol. The molecule has 0 saturated heterocycles. The van der Waals surface area contributed by atoms with Crippen LogP contribution in [0.1, 0.15) is 33.9 Å². The first-order chi connectivity index (χ1) is 33.0. The molecule has 0 amide bonds. The minimum absolute atomic E-state index is 0.151. The van der Waals surface area contributed by atoms with Gasteiger partial charge >= 0.3 is 0 Å². The van der Waals surface area contributed by atoms with E-state index in [1.165, 1.54) is 78.5 Å². The van der Waals surface area contributed by atoms with Crippen molar-refractivity contribution in [3.63, 3.8) is 0 Å². The lowest BCUT2D eigenvalue weighted by atomic mass is 9.65. The first-order valence-corrected chi connectivity index (χ1v) is 22.9. The average Bonchev–Trinajstić information content (AvgIpc) is 3.67. The third-order valence-electron chi connectivity index (χ3n) is 12.3. The van der Waals surface area contributed by atoms with Crippen molar-refractivity contribution in [1.82, 2.24) is 0 Å². The molecule has 3 aliphatic rings. The van der Waals surface area contributed by atoms with Crippen LogP contribution in [0.15, 0.2) is 285 Å². The van der Waals surface area contributed by atoms with Crippen LogP contribution in [0.25, 0.3) is 44.5 Å². The lowest BCUT2D eigenvalue weighted by molar-refractivity contribution is 0.764. The summed E-state index contributed by atoms with van der Waals surface area (Å²) >= 11 is 0. The minimum atomic E-state index is -0.362. The Morgan fingerprint density at radius 3 is 1.57 bits per heavy atom. The molecule has 0 heterocycles. The highest BCUT2D eigenvalue weighted by Gasteiger charge is 2.47. The highest BCUT2D eigenvalue weighted by Crippen LogP contribution is 2.58. The lowest BCUT2D eigenvalue weighted by Gasteiger charge is -2.36. The Hall–Kier alpha value is -8.08. The molecule has 3 aliphatic carbocycles. The van der Waals surface area contributed by atoms with E-state index in [1.54, 1.807) is 12.2 Å². The fraction of sp³-hybridized carbons (Fsp3) is 0.0625. The van der Waals surface area contributed by atoms with E-state index in [-0.39, 0.29) is 11.5 Å². The zero-order valence-corrected chi connectivity index (χ0v) is 37.8. The van der Waals surface area contributed by atoms with Gasteiger partial charge in [0.2, 0.25) is 0 Å². The van der Waals surface area contributed by atoms with Crippen LogP contribution in [0, 0.1) is 0 Å². The van der Waals surface area contributed by atoms with E-state index >= 15 is 0 Å². The number of nitrogens with two attached hydrogens (primary N) is 3. The number of rotatable bonds is 9. The predicted molar refractivity (Wildman–Crippen MR) is 286 cm³/mol. The van der Waals surface area contributed by atoms with Gasteiger partial charge in [0.15, 0.2) is 0 Å². The van der Waals surface area contributed by atoms with Gasteiger partial charge < -0.3 is 17.2 Å². The van der Waals surface area contributed by atoms with E-state index in [0.29, 0.717) is 6.54 Å². The van der Waals surface area contributed by atoms with Gasteiger partial charge in [-0.2, -0.15) is 0 Å². The van der Waals surface area contributed by atoms with Crippen LogP contribution in [-0.4, -0.2) is 6.54 Å². The molecule has 0 radical (unpaired) electrons. The van der Waals surface area contributed by atoms with E-state index in [1.807, 2.05) is 24.3 Å². The van der Waals surface area contributed by atoms with Crippen molar-refractivity contribution in [3.8, 4) is 44.5 Å². The molecule has 1 unspecified atom stereocenters. The molecule has 7 aromatic rings. The smallest absolute Gasteiger partial charge is 0.0713 e. The zero-order valence-electron chi connectivity index (χ0n) is 37.8. The number of benzene rings is 7. The summed E-state index contributed by atoms with van der Waals surface area (Å²) in [5.41, 5.74) is 35.8. The summed E-state index contributed by atoms with van der Waals surface area (Å²) in [6.45, 7) is 4.13. The molecular formula is C64H57N3. The van der Waals surface area contributed by atoms with Gasteiger partial charge in [0, 0.05) is 0 Å². The Bertz CT molecular complexity index is 2940. The summed E-state index contributed by atoms with van der Waals surface area (Å²) in [5.74, 6) is 0. The van der Waals surface area contributed by atoms with Gasteiger partial charge in [-0.15, -0.1) is 0 Å². The average molecular weight is 868 g/mol. The molecule has 0 aliphatic heterocycles. The third kappa shape index (κ3) is 10.3. The van der Waals surface area contributed by atoms with Crippen molar-refractivity contribution in [1.29, 1.82) is 0 Å². The normalized spacial score (nSPS) is 17.5. The summed E-state index contributed by atoms with van der Waals surface area (Å²) in [6, 6.07) is 62.4. The van der Waals surface area contributed by atoms with E-state index in [4.69, 9.17) is 17.2 Å². The molecule has 7 aromatic carbocycles. The van der Waals surface area contributed by atoms with Gasteiger partial charge in [-0.1, -0.05) is 243 Å². The molecule has 0 saturated carbocycles. The van der Waals surface area contributed by atoms with Gasteiger partial charge in [0.05, 0.1) is 11.5 Å². The van der Waals surface area contributed by atoms with Crippen LogP contribution in [0.2, 0.25) is 0 Å². The van der Waals surface area contributed by atoms with Crippen molar-refractivity contribution in [2.24, 2.45) is 17.2 Å². The largest absolute Gasteiger partial charge is 0.405 e. The van der Waals surface area contributed by atoms with Crippen molar-refractivity contribution < 1.29 is 0 Å². The fourth-order valence-electron chi connectivity index (χ4n) is 9.18. The van der Waals surface area contributed by atoms with Crippen LogP contribution < -0.4 is 17.2 Å². The topological polar surface area (TPSA) is 78.1 Å². The van der Waals surface area contributed by atoms with Crippen molar-refractivity contribution in [3.05, 3.63) is 313 Å². The first kappa shape index (κ1) is 45.5. The maximum absolute atomic E-state index is 6.61. The van der Waals surface area contributed by atoms with Gasteiger partial charge in [-0.25, -0.2) is 0 Å². The van der Waals surface area contributed by atoms with Gasteiger partial charge in [-0.05, 0) is 127 Å². The van der Waals surface area contributed by atoms with Crippen LogP contribution in [0.3, 0.4) is 0 Å². The van der Waals surface area contributed by atoms with Crippen molar-refractivity contribution in [2.45, 2.75) is 17.9 Å². The van der Waals surface area contributed by atoms with Crippen LogP contribution in [0.5, 0.6) is 0 Å². The Morgan fingerprint density at radius 2 is 0.985 bits per heavy atom. The lowest BCUT2D eigenvalue weighted by Crippen LogP contribution is -2.30. The van der Waals surface area contributed by atoms with Gasteiger partial charge in [-0.3, -0.25) is 0 Å². The molecule has 6 N–H and O–H groups in total. The maximum atomic E-state index is 6.61. The van der Waals surface area contributed by atoms with Crippen LogP contribution >= 0.6 is 0 Å². The Labute approximate surface area is 397 Å². The summed E-state index contributed by atoms with van der Waals surface area (Å²) in [5, 5.41) is 0. The number of allylic oxidation sites excluding steroid dienone is 16. The predicted octanol–water partition coefficient (Wildman–Crippen LogP) is 14.5. The Balaban J connectivity index is 0.000000164. The molecule has 10 rings (SSSR count). The van der Waals surface area contributed by atoms with Crippen LogP contribution in [-0.2, 0) is 11.8 Å². The molecule has 1 spiro atoms. The van der Waals surface area contributed by atoms with Gasteiger partial charge in [0.25, 0.3) is 0 Å². The molecule has 0 aromatic heterocycles. The second-order valence-electron chi connectivity index (χ2n) is 16.5. The molecule has 0 fully saturated rings. The number of hydrogen-bond acceptors (Lipinski definition) is 3. The Morgan fingerprint density at radius 1 is 0.463 bits per heavy atom. The Kier molecular flexibility index (Phi) is 15.1. The second-order valence-corrected chi connectivity index (χ2v) is 16.5. The SMILES string of the molecule is C=C/C=C\C=C/N.NC(c1cccc(-c2ccccc2)c1)c1cccc(-c2ccccc2)c1.NCCc1cccc(-c2ccc3c(c2)C2(C4=C/C=C/C=C\C2=C\C=C/C=C4)c2ccccc2-3)c1.